The number of rotatable bonds is 7. The SMILES string of the molecule is O=C(NCCc1nc2ccccc2[nH]1)c1ccccc1OCc1ccc(Cl)cc1. The van der Waals surface area contributed by atoms with Crippen LogP contribution in [0.15, 0.2) is 72.8 Å². The highest BCUT2D eigenvalue weighted by atomic mass is 35.5. The van der Waals surface area contributed by atoms with Crippen molar-refractivity contribution in [3.8, 4) is 5.75 Å². The highest BCUT2D eigenvalue weighted by Gasteiger charge is 2.12. The second kappa shape index (κ2) is 8.80. The molecule has 0 radical (unpaired) electrons. The van der Waals surface area contributed by atoms with Gasteiger partial charge in [0.25, 0.3) is 5.91 Å². The number of fused-ring (bicyclic) bond motifs is 1. The van der Waals surface area contributed by atoms with Gasteiger partial charge < -0.3 is 15.0 Å². The fourth-order valence-electron chi connectivity index (χ4n) is 3.04. The maximum Gasteiger partial charge on any atom is 0.255 e. The number of hydrogen-bond acceptors (Lipinski definition) is 3. The van der Waals surface area contributed by atoms with E-state index in [4.69, 9.17) is 16.3 Å². The molecule has 0 atom stereocenters. The Morgan fingerprint density at radius 1 is 1.00 bits per heavy atom. The third-order valence-electron chi connectivity index (χ3n) is 4.53. The van der Waals surface area contributed by atoms with Gasteiger partial charge in [-0.3, -0.25) is 4.79 Å². The quantitative estimate of drug-likeness (QED) is 0.465. The summed E-state index contributed by atoms with van der Waals surface area (Å²) >= 11 is 5.91. The molecule has 4 aromatic rings. The number of aromatic amines is 1. The number of nitrogens with one attached hydrogen (secondary N) is 2. The summed E-state index contributed by atoms with van der Waals surface area (Å²) in [7, 11) is 0. The van der Waals surface area contributed by atoms with Crippen LogP contribution >= 0.6 is 11.6 Å². The number of nitrogens with zero attached hydrogens (tertiary/aromatic N) is 1. The number of halogens is 1. The first-order chi connectivity index (χ1) is 14.2. The molecule has 2 N–H and O–H groups in total. The van der Waals surface area contributed by atoms with Crippen molar-refractivity contribution in [2.45, 2.75) is 13.0 Å². The summed E-state index contributed by atoms with van der Waals surface area (Å²) in [6.45, 7) is 0.838. The van der Waals surface area contributed by atoms with Crippen LogP contribution < -0.4 is 10.1 Å². The van der Waals surface area contributed by atoms with E-state index >= 15 is 0 Å². The first-order valence-electron chi connectivity index (χ1n) is 9.37. The van der Waals surface area contributed by atoms with Crippen molar-refractivity contribution >= 4 is 28.5 Å². The molecule has 0 saturated carbocycles. The molecule has 4 rings (SSSR count). The normalized spacial score (nSPS) is 10.8. The second-order valence-electron chi connectivity index (χ2n) is 6.62. The lowest BCUT2D eigenvalue weighted by Gasteiger charge is -2.11. The molecule has 1 aromatic heterocycles. The van der Waals surface area contributed by atoms with E-state index in [-0.39, 0.29) is 5.91 Å². The molecule has 3 aromatic carbocycles. The molecule has 0 aliphatic carbocycles. The van der Waals surface area contributed by atoms with E-state index in [1.165, 1.54) is 0 Å². The predicted molar refractivity (Wildman–Crippen MR) is 114 cm³/mol. The lowest BCUT2D eigenvalue weighted by atomic mass is 10.2. The van der Waals surface area contributed by atoms with Gasteiger partial charge in [-0.15, -0.1) is 0 Å². The van der Waals surface area contributed by atoms with Crippen molar-refractivity contribution < 1.29 is 9.53 Å². The van der Waals surface area contributed by atoms with Crippen LogP contribution in [-0.4, -0.2) is 22.4 Å². The van der Waals surface area contributed by atoms with Crippen molar-refractivity contribution in [1.29, 1.82) is 0 Å². The van der Waals surface area contributed by atoms with Crippen LogP contribution in [0.5, 0.6) is 5.75 Å². The van der Waals surface area contributed by atoms with Crippen LogP contribution in [0.25, 0.3) is 11.0 Å². The first-order valence-corrected chi connectivity index (χ1v) is 9.75. The maximum absolute atomic E-state index is 12.6. The van der Waals surface area contributed by atoms with Gasteiger partial charge in [0, 0.05) is 18.0 Å². The van der Waals surface area contributed by atoms with E-state index in [1.54, 1.807) is 12.1 Å². The molecule has 1 amide bonds. The Bertz CT molecular complexity index is 1090. The molecule has 5 nitrogen and oxygen atoms in total. The van der Waals surface area contributed by atoms with E-state index in [9.17, 15) is 4.79 Å². The van der Waals surface area contributed by atoms with Gasteiger partial charge in [0.15, 0.2) is 0 Å². The molecule has 0 spiro atoms. The Labute approximate surface area is 173 Å². The zero-order chi connectivity index (χ0) is 20.1. The van der Waals surface area contributed by atoms with Gasteiger partial charge in [0.05, 0.1) is 16.6 Å². The minimum Gasteiger partial charge on any atom is -0.488 e. The number of para-hydroxylation sites is 3. The number of imidazole rings is 1. The fourth-order valence-corrected chi connectivity index (χ4v) is 3.16. The highest BCUT2D eigenvalue weighted by Crippen LogP contribution is 2.20. The largest absolute Gasteiger partial charge is 0.488 e. The number of aromatic nitrogens is 2. The van der Waals surface area contributed by atoms with Gasteiger partial charge in [0.1, 0.15) is 18.2 Å². The summed E-state index contributed by atoms with van der Waals surface area (Å²) in [5.41, 5.74) is 3.41. The Morgan fingerprint density at radius 2 is 1.76 bits per heavy atom. The highest BCUT2D eigenvalue weighted by molar-refractivity contribution is 6.30. The van der Waals surface area contributed by atoms with Gasteiger partial charge in [0.2, 0.25) is 0 Å². The van der Waals surface area contributed by atoms with Crippen LogP contribution in [-0.2, 0) is 13.0 Å². The van der Waals surface area contributed by atoms with Crippen molar-refractivity contribution in [3.63, 3.8) is 0 Å². The Morgan fingerprint density at radius 3 is 2.59 bits per heavy atom. The van der Waals surface area contributed by atoms with Gasteiger partial charge in [-0.2, -0.15) is 0 Å². The number of carbonyl (C=O) groups is 1. The smallest absolute Gasteiger partial charge is 0.255 e. The van der Waals surface area contributed by atoms with Crippen LogP contribution in [0.3, 0.4) is 0 Å². The number of ether oxygens (including phenoxy) is 1. The average Bonchev–Trinajstić information content (AvgIpc) is 3.16. The molecule has 1 heterocycles. The lowest BCUT2D eigenvalue weighted by Crippen LogP contribution is -2.26. The summed E-state index contributed by atoms with van der Waals surface area (Å²) in [6.07, 6.45) is 0.619. The molecule has 6 heteroatoms. The summed E-state index contributed by atoms with van der Waals surface area (Å²) < 4.78 is 5.87. The Balaban J connectivity index is 1.36. The van der Waals surface area contributed by atoms with Crippen molar-refractivity contribution in [2.24, 2.45) is 0 Å². The molecule has 0 aliphatic heterocycles. The van der Waals surface area contributed by atoms with Crippen molar-refractivity contribution in [2.75, 3.05) is 6.54 Å². The summed E-state index contributed by atoms with van der Waals surface area (Å²) in [5.74, 6) is 1.22. The molecular weight excluding hydrogens is 386 g/mol. The predicted octanol–water partition coefficient (Wildman–Crippen LogP) is 4.77. The third-order valence-corrected chi connectivity index (χ3v) is 4.78. The van der Waals surface area contributed by atoms with Crippen LogP contribution in [0.1, 0.15) is 21.7 Å². The molecule has 0 aliphatic rings. The summed E-state index contributed by atoms with van der Waals surface area (Å²) in [5, 5.41) is 3.62. The van der Waals surface area contributed by atoms with E-state index in [2.05, 4.69) is 15.3 Å². The zero-order valence-electron chi connectivity index (χ0n) is 15.7. The lowest BCUT2D eigenvalue weighted by molar-refractivity contribution is 0.0949. The topological polar surface area (TPSA) is 67.0 Å². The number of amides is 1. The fraction of sp³-hybridized carbons (Fsp3) is 0.130. The zero-order valence-corrected chi connectivity index (χ0v) is 16.4. The standard InChI is InChI=1S/C23H20ClN3O2/c24-17-11-9-16(10-12-17)15-29-21-8-4-1-5-18(21)23(28)25-14-13-22-26-19-6-2-3-7-20(19)27-22/h1-12H,13-15H2,(H,25,28)(H,26,27). The number of H-pyrrole nitrogens is 1. The van der Waals surface area contributed by atoms with E-state index in [0.29, 0.717) is 35.9 Å². The molecule has 0 fully saturated rings. The molecule has 29 heavy (non-hydrogen) atoms. The minimum absolute atomic E-state index is 0.173. The Hall–Kier alpha value is -3.31. The average molecular weight is 406 g/mol. The van der Waals surface area contributed by atoms with Crippen LogP contribution in [0, 0.1) is 0 Å². The second-order valence-corrected chi connectivity index (χ2v) is 7.05. The molecule has 0 bridgehead atoms. The molecule has 146 valence electrons. The summed E-state index contributed by atoms with van der Waals surface area (Å²) in [4.78, 5) is 20.4. The molecular formula is C23H20ClN3O2. The third kappa shape index (κ3) is 4.76. The van der Waals surface area contributed by atoms with Gasteiger partial charge >= 0.3 is 0 Å². The van der Waals surface area contributed by atoms with Gasteiger partial charge in [-0.1, -0.05) is 48.0 Å². The monoisotopic (exact) mass is 405 g/mol. The van der Waals surface area contributed by atoms with Crippen LogP contribution in [0.2, 0.25) is 5.02 Å². The van der Waals surface area contributed by atoms with E-state index in [1.807, 2.05) is 60.7 Å². The van der Waals surface area contributed by atoms with Crippen molar-refractivity contribution in [3.05, 3.63) is 94.8 Å². The Kier molecular flexibility index (Phi) is 5.77. The maximum atomic E-state index is 12.6. The van der Waals surface area contributed by atoms with E-state index in [0.717, 1.165) is 22.4 Å². The van der Waals surface area contributed by atoms with Crippen molar-refractivity contribution in [1.82, 2.24) is 15.3 Å². The molecule has 0 saturated heterocycles. The number of benzene rings is 3. The van der Waals surface area contributed by atoms with Crippen LogP contribution in [0.4, 0.5) is 0 Å². The van der Waals surface area contributed by atoms with E-state index < -0.39 is 0 Å². The minimum atomic E-state index is -0.173. The molecule has 0 unspecified atom stereocenters. The van der Waals surface area contributed by atoms with Gasteiger partial charge in [-0.25, -0.2) is 4.98 Å². The van der Waals surface area contributed by atoms with Gasteiger partial charge in [-0.05, 0) is 42.0 Å². The number of carbonyl (C=O) groups excluding carboxylic acids is 1. The first kappa shape index (κ1) is 19.0. The summed E-state index contributed by atoms with van der Waals surface area (Å²) in [6, 6.07) is 22.5. The number of hydrogen-bond donors (Lipinski definition) is 2.